The minimum absolute atomic E-state index is 0.215. The highest BCUT2D eigenvalue weighted by Gasteiger charge is 2.07. The molecule has 18 heavy (non-hydrogen) atoms. The van der Waals surface area contributed by atoms with Crippen LogP contribution in [-0.4, -0.2) is 18.3 Å². The smallest absolute Gasteiger partial charge is 0.123 e. The molecule has 2 nitrogen and oxygen atoms in total. The van der Waals surface area contributed by atoms with E-state index in [1.54, 1.807) is 6.07 Å². The average molecular weight is 274 g/mol. The maximum Gasteiger partial charge on any atom is 0.123 e. The van der Waals surface area contributed by atoms with Crippen LogP contribution in [0.1, 0.15) is 31.7 Å². The van der Waals surface area contributed by atoms with Crippen molar-refractivity contribution >= 4 is 11.6 Å². The van der Waals surface area contributed by atoms with Gasteiger partial charge in [-0.3, -0.25) is 0 Å². The lowest BCUT2D eigenvalue weighted by Gasteiger charge is -2.16. The Morgan fingerprint density at radius 2 is 2.17 bits per heavy atom. The molecule has 0 heterocycles. The van der Waals surface area contributed by atoms with E-state index in [4.69, 9.17) is 16.7 Å². The van der Waals surface area contributed by atoms with E-state index in [2.05, 4.69) is 12.2 Å². The number of hydrogen-bond donors (Lipinski definition) is 2. The molecule has 0 aliphatic rings. The molecule has 1 atom stereocenters. The Kier molecular flexibility index (Phi) is 7.25. The molecule has 1 rings (SSSR count). The van der Waals surface area contributed by atoms with E-state index in [0.717, 1.165) is 31.4 Å². The van der Waals surface area contributed by atoms with E-state index < -0.39 is 0 Å². The lowest BCUT2D eigenvalue weighted by Crippen LogP contribution is -2.23. The van der Waals surface area contributed by atoms with Gasteiger partial charge >= 0.3 is 0 Å². The third-order valence-corrected chi connectivity index (χ3v) is 3.36. The van der Waals surface area contributed by atoms with Crippen molar-refractivity contribution in [3.05, 3.63) is 34.6 Å². The molecule has 0 saturated carbocycles. The predicted octanol–water partition coefficient (Wildman–Crippen LogP) is 3.37. The molecule has 0 bridgehead atoms. The zero-order valence-electron chi connectivity index (χ0n) is 10.8. The van der Waals surface area contributed by atoms with Crippen molar-refractivity contribution in [1.29, 1.82) is 0 Å². The molecule has 2 N–H and O–H groups in total. The zero-order valence-corrected chi connectivity index (χ0v) is 11.5. The summed E-state index contributed by atoms with van der Waals surface area (Å²) in [6.45, 7) is 3.73. The van der Waals surface area contributed by atoms with Gasteiger partial charge in [-0.15, -0.1) is 0 Å². The van der Waals surface area contributed by atoms with Crippen LogP contribution in [0, 0.1) is 11.7 Å². The van der Waals surface area contributed by atoms with Crippen LogP contribution in [-0.2, 0) is 6.54 Å². The maximum absolute atomic E-state index is 13.1. The molecule has 102 valence electrons. The number of halogens is 2. The van der Waals surface area contributed by atoms with Crippen LogP contribution >= 0.6 is 11.6 Å². The third-order valence-electron chi connectivity index (χ3n) is 2.99. The first kappa shape index (κ1) is 15.4. The van der Waals surface area contributed by atoms with E-state index in [0.29, 0.717) is 17.5 Å². The number of benzene rings is 1. The molecule has 1 aromatic carbocycles. The topological polar surface area (TPSA) is 32.3 Å². The highest BCUT2D eigenvalue weighted by Crippen LogP contribution is 2.17. The second-order valence-corrected chi connectivity index (χ2v) is 4.94. The second kappa shape index (κ2) is 8.46. The SMILES string of the molecule is CCCC(CCO)CNCc1cc(F)ccc1Cl. The van der Waals surface area contributed by atoms with Crippen LogP contribution in [0.2, 0.25) is 5.02 Å². The summed E-state index contributed by atoms with van der Waals surface area (Å²) in [5.74, 6) is 0.198. The molecule has 0 aliphatic carbocycles. The van der Waals surface area contributed by atoms with Crippen LogP contribution in [0.3, 0.4) is 0 Å². The van der Waals surface area contributed by atoms with Crippen molar-refractivity contribution in [3.63, 3.8) is 0 Å². The minimum atomic E-state index is -0.267. The standard InChI is InChI=1S/C14H21ClFNO/c1-2-3-11(6-7-18)9-17-10-12-8-13(16)4-5-14(12)15/h4-5,8,11,17-18H,2-3,6-7,9-10H2,1H3. The molecule has 4 heteroatoms. The summed E-state index contributed by atoms with van der Waals surface area (Å²) < 4.78 is 13.1. The van der Waals surface area contributed by atoms with Gasteiger partial charge in [0.05, 0.1) is 0 Å². The highest BCUT2D eigenvalue weighted by molar-refractivity contribution is 6.31. The number of nitrogens with one attached hydrogen (secondary N) is 1. The highest BCUT2D eigenvalue weighted by atomic mass is 35.5. The number of rotatable bonds is 8. The molecular formula is C14H21ClFNO. The van der Waals surface area contributed by atoms with E-state index in [1.165, 1.54) is 12.1 Å². The Bertz CT molecular complexity index is 354. The Morgan fingerprint density at radius 1 is 1.39 bits per heavy atom. The molecule has 0 aromatic heterocycles. The summed E-state index contributed by atoms with van der Waals surface area (Å²) in [7, 11) is 0. The maximum atomic E-state index is 13.1. The van der Waals surface area contributed by atoms with Crippen LogP contribution in [0.4, 0.5) is 4.39 Å². The molecule has 0 spiro atoms. The monoisotopic (exact) mass is 273 g/mol. The van der Waals surface area contributed by atoms with Crippen molar-refractivity contribution < 1.29 is 9.50 Å². The van der Waals surface area contributed by atoms with Crippen LogP contribution in [0.15, 0.2) is 18.2 Å². The van der Waals surface area contributed by atoms with Gasteiger partial charge in [0.2, 0.25) is 0 Å². The Labute approximate surface area is 113 Å². The third kappa shape index (κ3) is 5.34. The molecule has 0 fully saturated rings. The van der Waals surface area contributed by atoms with Gasteiger partial charge in [0.1, 0.15) is 5.82 Å². The number of aliphatic hydroxyl groups is 1. The Balaban J connectivity index is 2.41. The summed E-state index contributed by atoms with van der Waals surface area (Å²) in [6.07, 6.45) is 3.00. The molecule has 0 amide bonds. The summed E-state index contributed by atoms with van der Waals surface area (Å²) in [5, 5.41) is 12.8. The summed E-state index contributed by atoms with van der Waals surface area (Å²) in [4.78, 5) is 0. The summed E-state index contributed by atoms with van der Waals surface area (Å²) in [5.41, 5.74) is 0.774. The van der Waals surface area contributed by atoms with Gasteiger partial charge in [0.15, 0.2) is 0 Å². The fraction of sp³-hybridized carbons (Fsp3) is 0.571. The lowest BCUT2D eigenvalue weighted by molar-refractivity contribution is 0.248. The van der Waals surface area contributed by atoms with Gasteiger partial charge in [-0.1, -0.05) is 24.9 Å². The van der Waals surface area contributed by atoms with Crippen molar-refractivity contribution in [1.82, 2.24) is 5.32 Å². The largest absolute Gasteiger partial charge is 0.396 e. The molecule has 1 aromatic rings. The zero-order chi connectivity index (χ0) is 13.4. The molecule has 0 saturated heterocycles. The summed E-state index contributed by atoms with van der Waals surface area (Å²) in [6, 6.07) is 4.39. The molecule has 0 aliphatic heterocycles. The van der Waals surface area contributed by atoms with E-state index >= 15 is 0 Å². The van der Waals surface area contributed by atoms with E-state index in [1.807, 2.05) is 0 Å². The second-order valence-electron chi connectivity index (χ2n) is 4.53. The normalized spacial score (nSPS) is 12.7. The van der Waals surface area contributed by atoms with Crippen molar-refractivity contribution in [2.45, 2.75) is 32.7 Å². The number of hydrogen-bond acceptors (Lipinski definition) is 2. The van der Waals surface area contributed by atoms with Gasteiger partial charge in [-0.25, -0.2) is 4.39 Å². The van der Waals surface area contributed by atoms with E-state index in [-0.39, 0.29) is 12.4 Å². The lowest BCUT2D eigenvalue weighted by atomic mass is 10.0. The first-order valence-electron chi connectivity index (χ1n) is 6.42. The van der Waals surface area contributed by atoms with Crippen LogP contribution in [0.5, 0.6) is 0 Å². The Hall–Kier alpha value is -0.640. The van der Waals surface area contributed by atoms with Gasteiger partial charge in [0.25, 0.3) is 0 Å². The van der Waals surface area contributed by atoms with Gasteiger partial charge in [-0.05, 0) is 49.1 Å². The van der Waals surface area contributed by atoms with Crippen LogP contribution in [0.25, 0.3) is 0 Å². The summed E-state index contributed by atoms with van der Waals surface area (Å²) >= 11 is 5.99. The van der Waals surface area contributed by atoms with Crippen LogP contribution < -0.4 is 5.32 Å². The van der Waals surface area contributed by atoms with Gasteiger partial charge in [0, 0.05) is 18.2 Å². The molecule has 1 unspecified atom stereocenters. The predicted molar refractivity (Wildman–Crippen MR) is 73.2 cm³/mol. The first-order valence-corrected chi connectivity index (χ1v) is 6.80. The quantitative estimate of drug-likeness (QED) is 0.761. The number of aliphatic hydroxyl groups excluding tert-OH is 1. The van der Waals surface area contributed by atoms with E-state index in [9.17, 15) is 4.39 Å². The van der Waals surface area contributed by atoms with Crippen molar-refractivity contribution in [2.24, 2.45) is 5.92 Å². The fourth-order valence-electron chi connectivity index (χ4n) is 2.03. The Morgan fingerprint density at radius 3 is 2.83 bits per heavy atom. The van der Waals surface area contributed by atoms with Gasteiger partial charge in [-0.2, -0.15) is 0 Å². The fourth-order valence-corrected chi connectivity index (χ4v) is 2.21. The van der Waals surface area contributed by atoms with Crippen molar-refractivity contribution in [3.8, 4) is 0 Å². The molecule has 0 radical (unpaired) electrons. The van der Waals surface area contributed by atoms with Crippen molar-refractivity contribution in [2.75, 3.05) is 13.2 Å². The first-order chi connectivity index (χ1) is 8.67. The average Bonchev–Trinajstić information content (AvgIpc) is 2.34. The van der Waals surface area contributed by atoms with Gasteiger partial charge < -0.3 is 10.4 Å². The minimum Gasteiger partial charge on any atom is -0.396 e. The molecular weight excluding hydrogens is 253 g/mol.